The molecule has 0 bridgehead atoms. The zero-order valence-corrected chi connectivity index (χ0v) is 12.8. The summed E-state index contributed by atoms with van der Waals surface area (Å²) in [5.41, 5.74) is 0.385. The summed E-state index contributed by atoms with van der Waals surface area (Å²) in [6.07, 6.45) is 0.757. The summed E-state index contributed by atoms with van der Waals surface area (Å²) in [7, 11) is 1.68. The van der Waals surface area contributed by atoms with Crippen molar-refractivity contribution in [2.45, 2.75) is 32.8 Å². The number of ether oxygens (including phenoxy) is 2. The van der Waals surface area contributed by atoms with Gasteiger partial charge in [0.2, 0.25) is 0 Å². The Morgan fingerprint density at radius 2 is 2.06 bits per heavy atom. The summed E-state index contributed by atoms with van der Waals surface area (Å²) in [4.78, 5) is 11.5. The molecule has 0 radical (unpaired) electrons. The zero-order valence-electron chi connectivity index (χ0n) is 11.2. The number of hydrogen-bond acceptors (Lipinski definition) is 3. The number of methoxy groups -OCH3 is 1. The molecule has 18 heavy (non-hydrogen) atoms. The van der Waals surface area contributed by atoms with Gasteiger partial charge in [-0.2, -0.15) is 0 Å². The van der Waals surface area contributed by atoms with Crippen LogP contribution in [-0.4, -0.2) is 25.1 Å². The van der Waals surface area contributed by atoms with Gasteiger partial charge in [0.05, 0.1) is 17.8 Å². The zero-order chi connectivity index (χ0) is 13.8. The Labute approximate surface area is 117 Å². The highest BCUT2D eigenvalue weighted by Crippen LogP contribution is 2.25. The molecule has 0 amide bonds. The Morgan fingerprint density at radius 3 is 2.61 bits per heavy atom. The molecule has 1 aromatic rings. The number of halogens is 1. The SMILES string of the molecule is COC(C)(C)CCOc1cc(Br)ccc1C(C)=O. The maximum atomic E-state index is 11.5. The van der Waals surface area contributed by atoms with Crippen molar-refractivity contribution in [2.24, 2.45) is 0 Å². The number of carbonyl (C=O) groups excluding carboxylic acids is 1. The molecular formula is C14H19BrO3. The van der Waals surface area contributed by atoms with Gasteiger partial charge in [0, 0.05) is 18.0 Å². The third kappa shape index (κ3) is 4.42. The summed E-state index contributed by atoms with van der Waals surface area (Å²) in [5, 5.41) is 0. The van der Waals surface area contributed by atoms with Crippen LogP contribution in [0.1, 0.15) is 37.6 Å². The highest BCUT2D eigenvalue weighted by atomic mass is 79.9. The lowest BCUT2D eigenvalue weighted by atomic mass is 10.1. The molecule has 0 aliphatic heterocycles. The van der Waals surface area contributed by atoms with Gasteiger partial charge < -0.3 is 9.47 Å². The topological polar surface area (TPSA) is 35.5 Å². The van der Waals surface area contributed by atoms with E-state index >= 15 is 0 Å². The number of carbonyl (C=O) groups is 1. The second-order valence-electron chi connectivity index (χ2n) is 4.76. The van der Waals surface area contributed by atoms with Crippen LogP contribution >= 0.6 is 15.9 Å². The van der Waals surface area contributed by atoms with Crippen LogP contribution in [0.15, 0.2) is 22.7 Å². The molecule has 0 aliphatic carbocycles. The predicted octanol–water partition coefficient (Wildman–Crippen LogP) is 3.85. The number of rotatable bonds is 6. The predicted molar refractivity (Wildman–Crippen MR) is 75.3 cm³/mol. The van der Waals surface area contributed by atoms with Crippen LogP contribution < -0.4 is 4.74 Å². The molecule has 0 spiro atoms. The Hall–Kier alpha value is -0.870. The van der Waals surface area contributed by atoms with Gasteiger partial charge in [-0.3, -0.25) is 4.79 Å². The molecule has 0 saturated heterocycles. The van der Waals surface area contributed by atoms with Crippen LogP contribution in [0.5, 0.6) is 5.75 Å². The maximum absolute atomic E-state index is 11.5. The van der Waals surface area contributed by atoms with E-state index < -0.39 is 0 Å². The molecule has 4 heteroatoms. The van der Waals surface area contributed by atoms with E-state index in [4.69, 9.17) is 9.47 Å². The second kappa shape index (κ2) is 6.34. The van der Waals surface area contributed by atoms with Gasteiger partial charge >= 0.3 is 0 Å². The van der Waals surface area contributed by atoms with E-state index in [-0.39, 0.29) is 11.4 Å². The Balaban J connectivity index is 2.72. The number of Topliss-reactive ketones (excluding diaryl/α,β-unsaturated/α-hetero) is 1. The second-order valence-corrected chi connectivity index (χ2v) is 5.67. The third-order valence-electron chi connectivity index (χ3n) is 2.84. The lowest BCUT2D eigenvalue weighted by Gasteiger charge is -2.23. The van der Waals surface area contributed by atoms with Crippen molar-refractivity contribution >= 4 is 21.7 Å². The minimum atomic E-state index is -0.220. The Morgan fingerprint density at radius 1 is 1.39 bits per heavy atom. The minimum Gasteiger partial charge on any atom is -0.493 e. The first kappa shape index (κ1) is 15.2. The lowest BCUT2D eigenvalue weighted by Crippen LogP contribution is -2.25. The molecule has 1 aromatic carbocycles. The fourth-order valence-corrected chi connectivity index (χ4v) is 1.76. The van der Waals surface area contributed by atoms with Crippen LogP contribution in [-0.2, 0) is 4.74 Å². The molecule has 0 atom stereocenters. The molecule has 0 fully saturated rings. The van der Waals surface area contributed by atoms with E-state index in [1.54, 1.807) is 13.2 Å². The molecule has 0 N–H and O–H groups in total. The fourth-order valence-electron chi connectivity index (χ4n) is 1.42. The summed E-state index contributed by atoms with van der Waals surface area (Å²) < 4.78 is 11.9. The minimum absolute atomic E-state index is 0.00324. The van der Waals surface area contributed by atoms with Crippen LogP contribution in [0.2, 0.25) is 0 Å². The third-order valence-corrected chi connectivity index (χ3v) is 3.33. The van der Waals surface area contributed by atoms with E-state index in [9.17, 15) is 4.79 Å². The van der Waals surface area contributed by atoms with Crippen molar-refractivity contribution in [1.82, 2.24) is 0 Å². The van der Waals surface area contributed by atoms with Crippen LogP contribution in [0.4, 0.5) is 0 Å². The van der Waals surface area contributed by atoms with Crippen molar-refractivity contribution in [3.63, 3.8) is 0 Å². The molecule has 0 aromatic heterocycles. The number of benzene rings is 1. The molecule has 1 rings (SSSR count). The molecule has 3 nitrogen and oxygen atoms in total. The van der Waals surface area contributed by atoms with Crippen molar-refractivity contribution in [2.75, 3.05) is 13.7 Å². The van der Waals surface area contributed by atoms with Crippen molar-refractivity contribution < 1.29 is 14.3 Å². The van der Waals surface area contributed by atoms with Crippen LogP contribution in [0.3, 0.4) is 0 Å². The van der Waals surface area contributed by atoms with Gasteiger partial charge in [-0.1, -0.05) is 15.9 Å². The van der Waals surface area contributed by atoms with Crippen LogP contribution in [0, 0.1) is 0 Å². The summed E-state index contributed by atoms with van der Waals surface area (Å²) in [6, 6.07) is 5.42. The number of ketones is 1. The first-order valence-corrected chi connectivity index (χ1v) is 6.63. The van der Waals surface area contributed by atoms with E-state index in [1.165, 1.54) is 6.92 Å². The van der Waals surface area contributed by atoms with Crippen LogP contribution in [0.25, 0.3) is 0 Å². The quantitative estimate of drug-likeness (QED) is 0.748. The van der Waals surface area contributed by atoms with Gasteiger partial charge in [-0.25, -0.2) is 0 Å². The Bertz CT molecular complexity index is 427. The first-order chi connectivity index (χ1) is 8.35. The van der Waals surface area contributed by atoms with Crippen molar-refractivity contribution in [3.8, 4) is 5.75 Å². The molecule has 0 unspecified atom stereocenters. The van der Waals surface area contributed by atoms with E-state index in [0.29, 0.717) is 17.9 Å². The molecule has 0 aliphatic rings. The van der Waals surface area contributed by atoms with Gasteiger partial charge in [0.15, 0.2) is 5.78 Å². The average molecular weight is 315 g/mol. The Kier molecular flexibility index (Phi) is 5.35. The molecule has 100 valence electrons. The smallest absolute Gasteiger partial charge is 0.163 e. The van der Waals surface area contributed by atoms with Gasteiger partial charge in [0.25, 0.3) is 0 Å². The van der Waals surface area contributed by atoms with E-state index in [1.807, 2.05) is 26.0 Å². The van der Waals surface area contributed by atoms with Crippen molar-refractivity contribution in [3.05, 3.63) is 28.2 Å². The summed E-state index contributed by atoms with van der Waals surface area (Å²) in [6.45, 7) is 6.05. The number of hydrogen-bond donors (Lipinski definition) is 0. The fraction of sp³-hybridized carbons (Fsp3) is 0.500. The molecular weight excluding hydrogens is 296 g/mol. The van der Waals surface area contributed by atoms with Gasteiger partial charge in [-0.15, -0.1) is 0 Å². The summed E-state index contributed by atoms with van der Waals surface area (Å²) >= 11 is 3.37. The highest BCUT2D eigenvalue weighted by Gasteiger charge is 2.17. The first-order valence-electron chi connectivity index (χ1n) is 5.84. The lowest BCUT2D eigenvalue weighted by molar-refractivity contribution is 0.00541. The molecule has 0 heterocycles. The van der Waals surface area contributed by atoms with Gasteiger partial charge in [-0.05, 0) is 39.0 Å². The standard InChI is InChI=1S/C14H19BrO3/c1-10(16)12-6-5-11(15)9-13(12)18-8-7-14(2,3)17-4/h5-6,9H,7-8H2,1-4H3. The normalized spacial score (nSPS) is 11.4. The average Bonchev–Trinajstić information content (AvgIpc) is 2.28. The van der Waals surface area contributed by atoms with E-state index in [0.717, 1.165) is 10.9 Å². The summed E-state index contributed by atoms with van der Waals surface area (Å²) in [5.74, 6) is 0.618. The molecule has 0 saturated carbocycles. The van der Waals surface area contributed by atoms with Gasteiger partial charge in [0.1, 0.15) is 5.75 Å². The maximum Gasteiger partial charge on any atom is 0.163 e. The van der Waals surface area contributed by atoms with E-state index in [2.05, 4.69) is 15.9 Å². The van der Waals surface area contributed by atoms with Crippen molar-refractivity contribution in [1.29, 1.82) is 0 Å². The largest absolute Gasteiger partial charge is 0.493 e. The monoisotopic (exact) mass is 314 g/mol. The highest BCUT2D eigenvalue weighted by molar-refractivity contribution is 9.10.